The molecule has 5 rings (SSSR count). The van der Waals surface area contributed by atoms with Crippen LogP contribution in [0.4, 0.5) is 5.69 Å². The Kier molecular flexibility index (Phi) is 4.94. The summed E-state index contributed by atoms with van der Waals surface area (Å²) in [6.45, 7) is 1.81. The van der Waals surface area contributed by atoms with Gasteiger partial charge < -0.3 is 24.4 Å². The molecule has 1 saturated heterocycles. The van der Waals surface area contributed by atoms with Crippen molar-refractivity contribution in [1.29, 1.82) is 0 Å². The summed E-state index contributed by atoms with van der Waals surface area (Å²) in [7, 11) is 0. The Balaban J connectivity index is 1.14. The summed E-state index contributed by atoms with van der Waals surface area (Å²) in [5, 5.41) is 2.96. The zero-order valence-electron chi connectivity index (χ0n) is 16.6. The number of fused-ring (bicyclic) bond motifs is 2. The van der Waals surface area contributed by atoms with E-state index in [4.69, 9.17) is 14.2 Å². The molecule has 7 heteroatoms. The predicted octanol–water partition coefficient (Wildman–Crippen LogP) is 2.84. The average Bonchev–Trinajstić information content (AvgIpc) is 3.26. The molecule has 0 spiro atoms. The lowest BCUT2D eigenvalue weighted by Gasteiger charge is -2.35. The Labute approximate surface area is 174 Å². The number of carbonyl (C=O) groups excluding carboxylic acids is 2. The van der Waals surface area contributed by atoms with Crippen LogP contribution in [0.2, 0.25) is 0 Å². The van der Waals surface area contributed by atoms with Crippen molar-refractivity contribution in [1.82, 2.24) is 4.90 Å². The average molecular weight is 408 g/mol. The third-order valence-electron chi connectivity index (χ3n) is 6.05. The minimum Gasteiger partial charge on any atom is -0.492 e. The monoisotopic (exact) mass is 408 g/mol. The van der Waals surface area contributed by atoms with Crippen molar-refractivity contribution >= 4 is 17.5 Å². The number of rotatable bonds is 3. The van der Waals surface area contributed by atoms with E-state index in [1.54, 1.807) is 12.1 Å². The van der Waals surface area contributed by atoms with Crippen molar-refractivity contribution < 1.29 is 23.8 Å². The van der Waals surface area contributed by atoms with Gasteiger partial charge in [0.1, 0.15) is 12.4 Å². The third kappa shape index (κ3) is 3.67. The summed E-state index contributed by atoms with van der Waals surface area (Å²) in [6, 6.07) is 13.3. The van der Waals surface area contributed by atoms with E-state index in [1.165, 1.54) is 0 Å². The van der Waals surface area contributed by atoms with Crippen LogP contribution < -0.4 is 19.5 Å². The van der Waals surface area contributed by atoms with E-state index < -0.39 is 0 Å². The summed E-state index contributed by atoms with van der Waals surface area (Å²) in [4.78, 5) is 27.5. The normalized spacial score (nSPS) is 20.3. The van der Waals surface area contributed by atoms with Gasteiger partial charge in [-0.15, -0.1) is 0 Å². The number of ether oxygens (including phenoxy) is 3. The molecule has 0 aromatic heterocycles. The van der Waals surface area contributed by atoms with Crippen molar-refractivity contribution in [3.8, 4) is 17.2 Å². The summed E-state index contributed by atoms with van der Waals surface area (Å²) in [5.41, 5.74) is 1.78. The van der Waals surface area contributed by atoms with Crippen LogP contribution >= 0.6 is 0 Å². The van der Waals surface area contributed by atoms with Gasteiger partial charge in [-0.25, -0.2) is 0 Å². The summed E-state index contributed by atoms with van der Waals surface area (Å²) in [5.74, 6) is 2.05. The fourth-order valence-corrected chi connectivity index (χ4v) is 4.33. The molecule has 1 atom stereocenters. The summed E-state index contributed by atoms with van der Waals surface area (Å²) >= 11 is 0. The molecule has 2 aromatic carbocycles. The summed E-state index contributed by atoms with van der Waals surface area (Å²) in [6.07, 6.45) is 2.03. The maximum absolute atomic E-state index is 13.0. The van der Waals surface area contributed by atoms with Crippen LogP contribution in [0.1, 0.15) is 18.4 Å². The van der Waals surface area contributed by atoms with Gasteiger partial charge in [-0.05, 0) is 43.0 Å². The fraction of sp³-hybridized carbons (Fsp3) is 0.391. The van der Waals surface area contributed by atoms with Crippen LogP contribution in [-0.4, -0.2) is 43.2 Å². The van der Waals surface area contributed by atoms with Gasteiger partial charge in [0.25, 0.3) is 0 Å². The van der Waals surface area contributed by atoms with E-state index in [2.05, 4.69) is 5.32 Å². The van der Waals surface area contributed by atoms with E-state index in [0.29, 0.717) is 56.1 Å². The van der Waals surface area contributed by atoms with Crippen molar-refractivity contribution in [2.45, 2.75) is 19.3 Å². The molecule has 30 heavy (non-hydrogen) atoms. The lowest BCUT2D eigenvalue weighted by Crippen LogP contribution is -2.46. The van der Waals surface area contributed by atoms with Gasteiger partial charge >= 0.3 is 0 Å². The molecule has 1 unspecified atom stereocenters. The van der Waals surface area contributed by atoms with E-state index in [0.717, 1.165) is 11.3 Å². The molecule has 7 nitrogen and oxygen atoms in total. The second kappa shape index (κ2) is 7.89. The molecule has 0 saturated carbocycles. The molecule has 2 amide bonds. The molecule has 1 N–H and O–H groups in total. The number of hydrogen-bond donors (Lipinski definition) is 1. The van der Waals surface area contributed by atoms with Crippen molar-refractivity contribution in [2.75, 3.05) is 31.8 Å². The Morgan fingerprint density at radius 2 is 1.70 bits per heavy atom. The molecule has 0 bridgehead atoms. The first-order valence-corrected chi connectivity index (χ1v) is 10.4. The van der Waals surface area contributed by atoms with E-state index in [9.17, 15) is 9.59 Å². The van der Waals surface area contributed by atoms with E-state index in [-0.39, 0.29) is 30.4 Å². The van der Waals surface area contributed by atoms with Crippen LogP contribution in [0.3, 0.4) is 0 Å². The molecule has 3 aliphatic rings. The molecule has 1 fully saturated rings. The maximum atomic E-state index is 13.0. The molecule has 0 radical (unpaired) electrons. The van der Waals surface area contributed by atoms with Crippen LogP contribution in [0.5, 0.6) is 17.2 Å². The molecule has 0 aliphatic carbocycles. The topological polar surface area (TPSA) is 77.1 Å². The summed E-state index contributed by atoms with van der Waals surface area (Å²) < 4.78 is 16.4. The Bertz CT molecular complexity index is 968. The standard InChI is InChI=1S/C23H24N2O5/c26-22(24-18-5-6-20-21(12-18)30-14-29-20)15-7-9-25(10-8-15)23(27)17-11-16-3-1-2-4-19(16)28-13-17/h1-6,12,15,17H,7-11,13-14H2,(H,24,26). The predicted molar refractivity (Wildman–Crippen MR) is 110 cm³/mol. The zero-order chi connectivity index (χ0) is 20.5. The van der Waals surface area contributed by atoms with Gasteiger partial charge in [0.15, 0.2) is 11.5 Å². The second-order valence-electron chi connectivity index (χ2n) is 7.98. The first-order chi connectivity index (χ1) is 14.7. The highest BCUT2D eigenvalue weighted by molar-refractivity contribution is 5.93. The highest BCUT2D eigenvalue weighted by Gasteiger charge is 2.33. The quantitative estimate of drug-likeness (QED) is 0.845. The smallest absolute Gasteiger partial charge is 0.231 e. The van der Waals surface area contributed by atoms with Crippen LogP contribution in [-0.2, 0) is 16.0 Å². The third-order valence-corrected chi connectivity index (χ3v) is 6.05. The second-order valence-corrected chi connectivity index (χ2v) is 7.98. The number of amides is 2. The number of anilines is 1. The van der Waals surface area contributed by atoms with Crippen molar-refractivity contribution in [3.63, 3.8) is 0 Å². The van der Waals surface area contributed by atoms with E-state index >= 15 is 0 Å². The lowest BCUT2D eigenvalue weighted by molar-refractivity contribution is -0.139. The highest BCUT2D eigenvalue weighted by atomic mass is 16.7. The lowest BCUT2D eigenvalue weighted by atomic mass is 9.92. The van der Waals surface area contributed by atoms with Gasteiger partial charge in [-0.3, -0.25) is 9.59 Å². The Hall–Kier alpha value is -3.22. The first kappa shape index (κ1) is 18.8. The van der Waals surface area contributed by atoms with Crippen LogP contribution in [0.25, 0.3) is 0 Å². The van der Waals surface area contributed by atoms with Crippen molar-refractivity contribution in [3.05, 3.63) is 48.0 Å². The number of hydrogen-bond acceptors (Lipinski definition) is 5. The molecule has 156 valence electrons. The Morgan fingerprint density at radius 1 is 0.900 bits per heavy atom. The van der Waals surface area contributed by atoms with Gasteiger partial charge in [0.05, 0.1) is 5.92 Å². The van der Waals surface area contributed by atoms with Crippen LogP contribution in [0.15, 0.2) is 42.5 Å². The molecular weight excluding hydrogens is 384 g/mol. The zero-order valence-corrected chi connectivity index (χ0v) is 16.6. The first-order valence-electron chi connectivity index (χ1n) is 10.4. The molecule has 2 aromatic rings. The molecular formula is C23H24N2O5. The van der Waals surface area contributed by atoms with Gasteiger partial charge in [0.2, 0.25) is 18.6 Å². The number of para-hydroxylation sites is 1. The maximum Gasteiger partial charge on any atom is 0.231 e. The number of nitrogens with zero attached hydrogens (tertiary/aromatic N) is 1. The van der Waals surface area contributed by atoms with Crippen molar-refractivity contribution in [2.24, 2.45) is 11.8 Å². The number of carbonyl (C=O) groups is 2. The molecule has 3 heterocycles. The number of benzene rings is 2. The minimum atomic E-state index is -0.154. The number of nitrogens with one attached hydrogen (secondary N) is 1. The van der Waals surface area contributed by atoms with Crippen LogP contribution in [0, 0.1) is 11.8 Å². The fourth-order valence-electron chi connectivity index (χ4n) is 4.33. The number of piperidine rings is 1. The molecule has 3 aliphatic heterocycles. The van der Waals surface area contributed by atoms with Gasteiger partial charge in [0, 0.05) is 30.8 Å². The van der Waals surface area contributed by atoms with Gasteiger partial charge in [-0.2, -0.15) is 0 Å². The van der Waals surface area contributed by atoms with Gasteiger partial charge in [-0.1, -0.05) is 18.2 Å². The Morgan fingerprint density at radius 3 is 2.57 bits per heavy atom. The SMILES string of the molecule is O=C(Nc1ccc2c(c1)OCO2)C1CCN(C(=O)C2COc3ccccc3C2)CC1. The minimum absolute atomic E-state index is 0.0177. The van der Waals surface area contributed by atoms with E-state index in [1.807, 2.05) is 35.2 Å². The highest BCUT2D eigenvalue weighted by Crippen LogP contribution is 2.34. The number of likely N-dealkylation sites (tertiary alicyclic amines) is 1. The largest absolute Gasteiger partial charge is 0.492 e.